The fourth-order valence-corrected chi connectivity index (χ4v) is 2.42. The summed E-state index contributed by atoms with van der Waals surface area (Å²) in [5.41, 5.74) is 2.48. The van der Waals surface area contributed by atoms with E-state index in [1.54, 1.807) is 25.1 Å². The Morgan fingerprint density at radius 2 is 1.95 bits per heavy atom. The Kier molecular flexibility index (Phi) is 3.60. The fourth-order valence-electron chi connectivity index (χ4n) is 2.42. The van der Waals surface area contributed by atoms with Crippen molar-refractivity contribution in [2.75, 3.05) is 0 Å². The van der Waals surface area contributed by atoms with Crippen molar-refractivity contribution >= 4 is 10.9 Å². The third kappa shape index (κ3) is 2.49. The number of nitrogens with zero attached hydrogens (tertiary/aromatic N) is 2. The third-order valence-electron chi connectivity index (χ3n) is 3.55. The lowest BCUT2D eigenvalue weighted by molar-refractivity contribution is 0.285. The largest absolute Gasteiger partial charge is 0.484 e. The first-order valence-corrected chi connectivity index (χ1v) is 7.03. The van der Waals surface area contributed by atoms with Crippen LogP contribution in [0.4, 0.5) is 4.39 Å². The van der Waals surface area contributed by atoms with Crippen molar-refractivity contribution in [2.45, 2.75) is 27.0 Å². The van der Waals surface area contributed by atoms with Crippen molar-refractivity contribution in [3.05, 3.63) is 59.5 Å². The fraction of sp³-hybridized carbons (Fsp3) is 0.235. The number of aromatic nitrogens is 2. The molecule has 2 aromatic carbocycles. The van der Waals surface area contributed by atoms with Crippen molar-refractivity contribution in [1.82, 2.24) is 9.78 Å². The van der Waals surface area contributed by atoms with E-state index in [2.05, 4.69) is 5.10 Å². The Hall–Kier alpha value is -2.36. The van der Waals surface area contributed by atoms with E-state index < -0.39 is 0 Å². The number of ether oxygens (including phenoxy) is 1. The SMILES string of the molecule is CCn1nc(COc2cccc(C)c2F)c2ccccc21. The number of rotatable bonds is 4. The highest BCUT2D eigenvalue weighted by Crippen LogP contribution is 2.23. The predicted octanol–water partition coefficient (Wildman–Crippen LogP) is 4.08. The first kappa shape index (κ1) is 13.6. The smallest absolute Gasteiger partial charge is 0.167 e. The average molecular weight is 284 g/mol. The van der Waals surface area contributed by atoms with Gasteiger partial charge in [-0.1, -0.05) is 30.3 Å². The van der Waals surface area contributed by atoms with Crippen LogP contribution in [0.3, 0.4) is 0 Å². The Labute approximate surface area is 123 Å². The highest BCUT2D eigenvalue weighted by atomic mass is 19.1. The Bertz CT molecular complexity index is 780. The summed E-state index contributed by atoms with van der Waals surface area (Å²) < 4.78 is 21.5. The minimum atomic E-state index is -0.309. The molecule has 0 unspecified atom stereocenters. The molecular weight excluding hydrogens is 267 g/mol. The van der Waals surface area contributed by atoms with Crippen LogP contribution in [0.25, 0.3) is 10.9 Å². The highest BCUT2D eigenvalue weighted by molar-refractivity contribution is 5.81. The summed E-state index contributed by atoms with van der Waals surface area (Å²) >= 11 is 0. The molecule has 0 saturated heterocycles. The molecule has 4 heteroatoms. The Morgan fingerprint density at radius 1 is 1.14 bits per heavy atom. The number of fused-ring (bicyclic) bond motifs is 1. The van der Waals surface area contributed by atoms with Gasteiger partial charge in [0, 0.05) is 11.9 Å². The normalized spacial score (nSPS) is 11.0. The third-order valence-corrected chi connectivity index (χ3v) is 3.55. The molecule has 0 bridgehead atoms. The van der Waals surface area contributed by atoms with Gasteiger partial charge in [-0.3, -0.25) is 4.68 Å². The van der Waals surface area contributed by atoms with Crippen molar-refractivity contribution in [3.8, 4) is 5.75 Å². The molecule has 0 radical (unpaired) electrons. The van der Waals surface area contributed by atoms with E-state index in [0.717, 1.165) is 23.1 Å². The molecule has 0 atom stereocenters. The van der Waals surface area contributed by atoms with E-state index in [0.29, 0.717) is 5.56 Å². The second-order valence-electron chi connectivity index (χ2n) is 4.96. The first-order chi connectivity index (χ1) is 10.2. The minimum Gasteiger partial charge on any atom is -0.484 e. The maximum atomic E-state index is 13.9. The van der Waals surface area contributed by atoms with Gasteiger partial charge in [0.2, 0.25) is 0 Å². The summed E-state index contributed by atoms with van der Waals surface area (Å²) in [7, 11) is 0. The molecule has 0 aliphatic heterocycles. The van der Waals surface area contributed by atoms with Gasteiger partial charge in [-0.15, -0.1) is 0 Å². The lowest BCUT2D eigenvalue weighted by Gasteiger charge is -2.07. The lowest BCUT2D eigenvalue weighted by Crippen LogP contribution is -2.01. The molecule has 3 rings (SSSR count). The molecule has 3 aromatic rings. The number of para-hydroxylation sites is 1. The molecule has 3 nitrogen and oxygen atoms in total. The van der Waals surface area contributed by atoms with Gasteiger partial charge in [-0.05, 0) is 31.5 Å². The van der Waals surface area contributed by atoms with Crippen LogP contribution in [-0.2, 0) is 13.2 Å². The molecule has 21 heavy (non-hydrogen) atoms. The lowest BCUT2D eigenvalue weighted by atomic mass is 10.2. The van der Waals surface area contributed by atoms with Crippen molar-refractivity contribution in [2.24, 2.45) is 0 Å². The first-order valence-electron chi connectivity index (χ1n) is 7.03. The summed E-state index contributed by atoms with van der Waals surface area (Å²) in [6.07, 6.45) is 0. The monoisotopic (exact) mass is 284 g/mol. The van der Waals surface area contributed by atoms with Crippen LogP contribution in [0.5, 0.6) is 5.75 Å². The zero-order valence-electron chi connectivity index (χ0n) is 12.1. The van der Waals surface area contributed by atoms with Crippen LogP contribution in [0.15, 0.2) is 42.5 Å². The maximum absolute atomic E-state index is 13.9. The van der Waals surface area contributed by atoms with E-state index >= 15 is 0 Å². The van der Waals surface area contributed by atoms with Gasteiger partial charge in [0.1, 0.15) is 12.3 Å². The van der Waals surface area contributed by atoms with E-state index in [9.17, 15) is 4.39 Å². The molecule has 0 saturated carbocycles. The summed E-state index contributed by atoms with van der Waals surface area (Å²) in [6, 6.07) is 13.2. The number of benzene rings is 2. The summed E-state index contributed by atoms with van der Waals surface area (Å²) in [4.78, 5) is 0. The number of aryl methyl sites for hydroxylation is 2. The molecule has 0 N–H and O–H groups in total. The predicted molar refractivity (Wildman–Crippen MR) is 80.9 cm³/mol. The van der Waals surface area contributed by atoms with Gasteiger partial charge in [0.25, 0.3) is 0 Å². The van der Waals surface area contributed by atoms with Crippen LogP contribution in [0.1, 0.15) is 18.2 Å². The summed E-state index contributed by atoms with van der Waals surface area (Å²) in [6.45, 7) is 4.82. The molecular formula is C17H17FN2O. The Balaban J connectivity index is 1.90. The van der Waals surface area contributed by atoms with Crippen LogP contribution in [-0.4, -0.2) is 9.78 Å². The Morgan fingerprint density at radius 3 is 2.76 bits per heavy atom. The molecule has 1 heterocycles. The van der Waals surface area contributed by atoms with Gasteiger partial charge in [0.05, 0.1) is 5.52 Å². The standard InChI is InChI=1S/C17H17FN2O/c1-3-20-15-9-5-4-8-13(15)14(19-20)11-21-16-10-6-7-12(2)17(16)18/h4-10H,3,11H2,1-2H3. The minimum absolute atomic E-state index is 0.258. The van der Waals surface area contributed by atoms with E-state index in [-0.39, 0.29) is 18.2 Å². The van der Waals surface area contributed by atoms with Gasteiger partial charge in [-0.2, -0.15) is 5.10 Å². The molecule has 0 aliphatic rings. The van der Waals surface area contributed by atoms with Gasteiger partial charge >= 0.3 is 0 Å². The maximum Gasteiger partial charge on any atom is 0.167 e. The highest BCUT2D eigenvalue weighted by Gasteiger charge is 2.11. The quantitative estimate of drug-likeness (QED) is 0.721. The molecule has 0 amide bonds. The molecule has 1 aromatic heterocycles. The van der Waals surface area contributed by atoms with Gasteiger partial charge in [-0.25, -0.2) is 4.39 Å². The van der Waals surface area contributed by atoms with E-state index in [4.69, 9.17) is 4.74 Å². The summed E-state index contributed by atoms with van der Waals surface area (Å²) in [5, 5.41) is 5.59. The van der Waals surface area contributed by atoms with Crippen molar-refractivity contribution in [3.63, 3.8) is 0 Å². The van der Waals surface area contributed by atoms with E-state index in [1.165, 1.54) is 0 Å². The zero-order chi connectivity index (χ0) is 14.8. The molecule has 0 aliphatic carbocycles. The van der Waals surface area contributed by atoms with Crippen LogP contribution in [0.2, 0.25) is 0 Å². The van der Waals surface area contributed by atoms with Crippen LogP contribution >= 0.6 is 0 Å². The average Bonchev–Trinajstić information content (AvgIpc) is 2.87. The second-order valence-corrected chi connectivity index (χ2v) is 4.96. The second kappa shape index (κ2) is 5.56. The van der Waals surface area contributed by atoms with Crippen LogP contribution in [0, 0.1) is 12.7 Å². The summed E-state index contributed by atoms with van der Waals surface area (Å²) in [5.74, 6) is -0.0399. The zero-order valence-corrected chi connectivity index (χ0v) is 12.1. The van der Waals surface area contributed by atoms with E-state index in [1.807, 2.05) is 35.9 Å². The molecule has 0 spiro atoms. The number of hydrogen-bond donors (Lipinski definition) is 0. The number of hydrogen-bond acceptors (Lipinski definition) is 2. The van der Waals surface area contributed by atoms with Crippen molar-refractivity contribution < 1.29 is 9.13 Å². The topological polar surface area (TPSA) is 27.1 Å². The van der Waals surface area contributed by atoms with Crippen LogP contribution < -0.4 is 4.74 Å². The molecule has 0 fully saturated rings. The van der Waals surface area contributed by atoms with Crippen molar-refractivity contribution in [1.29, 1.82) is 0 Å². The van der Waals surface area contributed by atoms with Gasteiger partial charge in [0.15, 0.2) is 11.6 Å². The molecule has 108 valence electrons. The van der Waals surface area contributed by atoms with Gasteiger partial charge < -0.3 is 4.74 Å². The number of halogens is 1.